The third-order valence-corrected chi connectivity index (χ3v) is 6.22. The zero-order valence-corrected chi connectivity index (χ0v) is 13.5. The van der Waals surface area contributed by atoms with Crippen LogP contribution in [-0.2, 0) is 14.8 Å². The summed E-state index contributed by atoms with van der Waals surface area (Å²) in [6.07, 6.45) is 4.06. The number of unbranched alkanes of at least 4 members (excludes halogenated alkanes) is 1. The molecule has 0 aromatic heterocycles. The standard InChI is InChI=1S/C13H25ClN2O3S/c14-5-1-2-11-20(17,18)16-8-6-15(7-9-16)12-13-4-3-10-19-13/h13H,1-12H2. The molecule has 0 amide bonds. The summed E-state index contributed by atoms with van der Waals surface area (Å²) >= 11 is 5.59. The highest BCUT2D eigenvalue weighted by molar-refractivity contribution is 7.89. The van der Waals surface area contributed by atoms with E-state index in [0.29, 0.717) is 31.5 Å². The molecule has 2 saturated heterocycles. The minimum atomic E-state index is -3.09. The normalized spacial score (nSPS) is 26.1. The predicted octanol–water partition coefficient (Wildman–Crippen LogP) is 1.13. The first-order valence-corrected chi connectivity index (χ1v) is 9.64. The number of piperazine rings is 1. The maximum atomic E-state index is 12.2. The average Bonchev–Trinajstić information content (AvgIpc) is 2.92. The maximum Gasteiger partial charge on any atom is 0.214 e. The van der Waals surface area contributed by atoms with E-state index in [1.807, 2.05) is 0 Å². The van der Waals surface area contributed by atoms with Gasteiger partial charge in [0, 0.05) is 45.2 Å². The monoisotopic (exact) mass is 324 g/mol. The van der Waals surface area contributed by atoms with Crippen LogP contribution in [0, 0.1) is 0 Å². The Morgan fingerprint density at radius 1 is 1.15 bits per heavy atom. The lowest BCUT2D eigenvalue weighted by Gasteiger charge is -2.35. The molecule has 2 rings (SSSR count). The van der Waals surface area contributed by atoms with Crippen molar-refractivity contribution in [2.24, 2.45) is 0 Å². The largest absolute Gasteiger partial charge is 0.377 e. The van der Waals surface area contributed by atoms with Crippen LogP contribution in [0.4, 0.5) is 0 Å². The second-order valence-electron chi connectivity index (χ2n) is 5.55. The lowest BCUT2D eigenvalue weighted by Crippen LogP contribution is -2.50. The number of nitrogens with zero attached hydrogens (tertiary/aromatic N) is 2. The van der Waals surface area contributed by atoms with E-state index in [9.17, 15) is 8.42 Å². The van der Waals surface area contributed by atoms with Gasteiger partial charge >= 0.3 is 0 Å². The van der Waals surface area contributed by atoms with Gasteiger partial charge in [-0.1, -0.05) is 0 Å². The molecule has 5 nitrogen and oxygen atoms in total. The number of rotatable bonds is 7. The molecule has 1 atom stereocenters. The van der Waals surface area contributed by atoms with Crippen LogP contribution >= 0.6 is 11.6 Å². The molecule has 2 aliphatic heterocycles. The summed E-state index contributed by atoms with van der Waals surface area (Å²) in [5.41, 5.74) is 0. The summed E-state index contributed by atoms with van der Waals surface area (Å²) in [5.74, 6) is 0.760. The summed E-state index contributed by atoms with van der Waals surface area (Å²) in [7, 11) is -3.09. The fourth-order valence-electron chi connectivity index (χ4n) is 2.77. The Hall–Kier alpha value is 0.120. The Labute approximate surface area is 127 Å². The van der Waals surface area contributed by atoms with Crippen LogP contribution < -0.4 is 0 Å². The molecule has 0 N–H and O–H groups in total. The van der Waals surface area contributed by atoms with Gasteiger partial charge in [0.25, 0.3) is 0 Å². The van der Waals surface area contributed by atoms with Gasteiger partial charge in [0.1, 0.15) is 0 Å². The fourth-order valence-corrected chi connectivity index (χ4v) is 4.51. The van der Waals surface area contributed by atoms with Gasteiger partial charge in [-0.05, 0) is 25.7 Å². The first-order chi connectivity index (χ1) is 9.62. The Bertz CT molecular complexity index is 377. The number of ether oxygens (including phenoxy) is 1. The minimum absolute atomic E-state index is 0.228. The van der Waals surface area contributed by atoms with Crippen molar-refractivity contribution in [1.82, 2.24) is 9.21 Å². The van der Waals surface area contributed by atoms with Gasteiger partial charge in [0.15, 0.2) is 0 Å². The predicted molar refractivity (Wildman–Crippen MR) is 80.7 cm³/mol. The molecular weight excluding hydrogens is 300 g/mol. The van der Waals surface area contributed by atoms with E-state index in [1.54, 1.807) is 4.31 Å². The van der Waals surface area contributed by atoms with Gasteiger partial charge in [0.2, 0.25) is 10.0 Å². The first-order valence-electron chi connectivity index (χ1n) is 7.49. The topological polar surface area (TPSA) is 49.9 Å². The third-order valence-electron chi connectivity index (χ3n) is 4.00. The highest BCUT2D eigenvalue weighted by atomic mass is 35.5. The summed E-state index contributed by atoms with van der Waals surface area (Å²) < 4.78 is 31.6. The minimum Gasteiger partial charge on any atom is -0.377 e. The molecule has 2 fully saturated rings. The number of sulfonamides is 1. The van der Waals surface area contributed by atoms with Crippen LogP contribution in [0.2, 0.25) is 0 Å². The Morgan fingerprint density at radius 2 is 1.90 bits per heavy atom. The average molecular weight is 325 g/mol. The van der Waals surface area contributed by atoms with Crippen LogP contribution in [0.25, 0.3) is 0 Å². The highest BCUT2D eigenvalue weighted by Gasteiger charge is 2.28. The van der Waals surface area contributed by atoms with Crippen molar-refractivity contribution < 1.29 is 13.2 Å². The van der Waals surface area contributed by atoms with E-state index in [-0.39, 0.29) is 5.75 Å². The fraction of sp³-hybridized carbons (Fsp3) is 1.00. The molecule has 1 unspecified atom stereocenters. The number of hydrogen-bond donors (Lipinski definition) is 0. The Balaban J connectivity index is 1.72. The molecule has 0 radical (unpaired) electrons. The second kappa shape index (κ2) is 7.94. The zero-order chi connectivity index (χ0) is 14.4. The van der Waals surface area contributed by atoms with Crippen molar-refractivity contribution in [3.05, 3.63) is 0 Å². The number of alkyl halides is 1. The molecule has 0 aromatic rings. The van der Waals surface area contributed by atoms with Crippen molar-refractivity contribution in [2.45, 2.75) is 31.8 Å². The van der Waals surface area contributed by atoms with Crippen LogP contribution in [0.15, 0.2) is 0 Å². The molecule has 2 aliphatic rings. The summed E-state index contributed by atoms with van der Waals surface area (Å²) in [6.45, 7) is 4.66. The molecule has 0 spiro atoms. The molecule has 0 aromatic carbocycles. The van der Waals surface area contributed by atoms with Crippen molar-refractivity contribution in [3.63, 3.8) is 0 Å². The molecule has 7 heteroatoms. The summed E-state index contributed by atoms with van der Waals surface area (Å²) in [6, 6.07) is 0. The van der Waals surface area contributed by atoms with Gasteiger partial charge in [-0.15, -0.1) is 11.6 Å². The number of halogens is 1. The van der Waals surface area contributed by atoms with Crippen molar-refractivity contribution in [2.75, 3.05) is 51.0 Å². The first kappa shape index (κ1) is 16.5. The van der Waals surface area contributed by atoms with E-state index < -0.39 is 10.0 Å². The Morgan fingerprint density at radius 3 is 2.50 bits per heavy atom. The van der Waals surface area contributed by atoms with Crippen molar-refractivity contribution in [3.8, 4) is 0 Å². The highest BCUT2D eigenvalue weighted by Crippen LogP contribution is 2.16. The SMILES string of the molecule is O=S(=O)(CCCCCl)N1CCN(CC2CCCO2)CC1. The van der Waals surface area contributed by atoms with Gasteiger partial charge in [-0.2, -0.15) is 4.31 Å². The van der Waals surface area contributed by atoms with Crippen LogP contribution in [0.5, 0.6) is 0 Å². The van der Waals surface area contributed by atoms with Crippen LogP contribution in [-0.4, -0.2) is 74.7 Å². The maximum absolute atomic E-state index is 12.2. The lowest BCUT2D eigenvalue weighted by atomic mass is 10.2. The molecule has 0 aliphatic carbocycles. The molecule has 2 heterocycles. The van der Waals surface area contributed by atoms with Gasteiger partial charge in [0.05, 0.1) is 11.9 Å². The quantitative estimate of drug-likeness (QED) is 0.520. The van der Waals surface area contributed by atoms with E-state index in [4.69, 9.17) is 16.3 Å². The number of hydrogen-bond acceptors (Lipinski definition) is 4. The van der Waals surface area contributed by atoms with Crippen molar-refractivity contribution in [1.29, 1.82) is 0 Å². The molecule has 20 heavy (non-hydrogen) atoms. The molecule has 0 bridgehead atoms. The lowest BCUT2D eigenvalue weighted by molar-refractivity contribution is 0.0617. The van der Waals surface area contributed by atoms with E-state index in [2.05, 4.69) is 4.90 Å². The van der Waals surface area contributed by atoms with E-state index in [1.165, 1.54) is 0 Å². The molecular formula is C13H25ClN2O3S. The third kappa shape index (κ3) is 4.84. The van der Waals surface area contributed by atoms with Crippen LogP contribution in [0.3, 0.4) is 0 Å². The molecule has 0 saturated carbocycles. The van der Waals surface area contributed by atoms with Gasteiger partial charge in [-0.3, -0.25) is 4.90 Å². The van der Waals surface area contributed by atoms with Crippen LogP contribution in [0.1, 0.15) is 25.7 Å². The second-order valence-corrected chi connectivity index (χ2v) is 8.01. The molecule has 118 valence electrons. The summed E-state index contributed by atoms with van der Waals surface area (Å²) in [5, 5.41) is 0. The smallest absolute Gasteiger partial charge is 0.214 e. The zero-order valence-electron chi connectivity index (χ0n) is 12.0. The van der Waals surface area contributed by atoms with E-state index in [0.717, 1.165) is 45.5 Å². The van der Waals surface area contributed by atoms with Gasteiger partial charge in [-0.25, -0.2) is 8.42 Å². The van der Waals surface area contributed by atoms with Crippen molar-refractivity contribution >= 4 is 21.6 Å². The summed E-state index contributed by atoms with van der Waals surface area (Å²) in [4.78, 5) is 2.32. The van der Waals surface area contributed by atoms with E-state index >= 15 is 0 Å². The van der Waals surface area contributed by atoms with Gasteiger partial charge < -0.3 is 4.74 Å². The Kier molecular flexibility index (Phi) is 6.55.